The molecular formula is C23H25NO4S. The molecule has 5 nitrogen and oxygen atoms in total. The van der Waals surface area contributed by atoms with Crippen LogP contribution in [-0.2, 0) is 31.5 Å². The van der Waals surface area contributed by atoms with Crippen LogP contribution in [0, 0.1) is 0 Å². The molecule has 0 radical (unpaired) electrons. The molecule has 29 heavy (non-hydrogen) atoms. The molecule has 0 spiro atoms. The van der Waals surface area contributed by atoms with Crippen molar-refractivity contribution in [2.75, 3.05) is 24.8 Å². The molecule has 0 aliphatic carbocycles. The van der Waals surface area contributed by atoms with Gasteiger partial charge in [-0.1, -0.05) is 44.2 Å². The molecule has 0 bridgehead atoms. The zero-order chi connectivity index (χ0) is 21.2. The van der Waals surface area contributed by atoms with Crippen LogP contribution in [0.4, 0.5) is 5.69 Å². The fraction of sp³-hybridized carbons (Fsp3) is 0.304. The second-order valence-electron chi connectivity index (χ2n) is 7.69. The number of ketones is 1. The fourth-order valence-electron chi connectivity index (χ4n) is 3.70. The Hall–Kier alpha value is -2.73. The van der Waals surface area contributed by atoms with Crippen molar-refractivity contribution in [2.24, 2.45) is 0 Å². The number of para-hydroxylation sites is 1. The van der Waals surface area contributed by atoms with Crippen LogP contribution in [0.25, 0.3) is 0 Å². The minimum atomic E-state index is -0.999. The van der Waals surface area contributed by atoms with Gasteiger partial charge in [0.25, 0.3) is 0 Å². The van der Waals surface area contributed by atoms with Crippen LogP contribution in [0.3, 0.4) is 0 Å². The molecule has 1 atom stereocenters. The first-order chi connectivity index (χ1) is 13.7. The van der Waals surface area contributed by atoms with Gasteiger partial charge in [-0.25, -0.2) is 4.79 Å². The summed E-state index contributed by atoms with van der Waals surface area (Å²) in [6, 6.07) is 14.9. The lowest BCUT2D eigenvalue weighted by molar-refractivity contribution is -0.117. The lowest BCUT2D eigenvalue weighted by atomic mass is 9.83. The number of fused-ring (bicyclic) bond motifs is 1. The highest BCUT2D eigenvalue weighted by Gasteiger charge is 2.38. The van der Waals surface area contributed by atoms with Crippen molar-refractivity contribution in [3.05, 3.63) is 77.0 Å². The predicted molar refractivity (Wildman–Crippen MR) is 115 cm³/mol. The minimum Gasteiger partial charge on any atom is -0.454 e. The molecule has 0 fully saturated rings. The van der Waals surface area contributed by atoms with Gasteiger partial charge < -0.3 is 9.64 Å². The molecule has 0 saturated carbocycles. The van der Waals surface area contributed by atoms with Gasteiger partial charge in [-0.3, -0.25) is 9.00 Å². The molecule has 1 unspecified atom stereocenters. The first-order valence-corrected chi connectivity index (χ1v) is 11.1. The second-order valence-corrected chi connectivity index (χ2v) is 9.13. The molecule has 3 rings (SSSR count). The number of anilines is 1. The Labute approximate surface area is 173 Å². The molecule has 0 N–H and O–H groups in total. The van der Waals surface area contributed by atoms with E-state index in [0.717, 1.165) is 22.5 Å². The summed E-state index contributed by atoms with van der Waals surface area (Å²) in [6.45, 7) is 3.82. The molecule has 6 heteroatoms. The number of nitrogens with zero attached hydrogens (tertiary/aromatic N) is 1. The molecule has 1 aliphatic heterocycles. The molecular weight excluding hydrogens is 386 g/mol. The van der Waals surface area contributed by atoms with E-state index in [1.54, 1.807) is 30.5 Å². The number of esters is 1. The lowest BCUT2D eigenvalue weighted by Crippen LogP contribution is -2.25. The Morgan fingerprint density at radius 2 is 1.86 bits per heavy atom. The summed E-state index contributed by atoms with van der Waals surface area (Å²) in [5, 5.41) is 0. The summed E-state index contributed by atoms with van der Waals surface area (Å²) < 4.78 is 16.6. The number of ether oxygens (including phenoxy) is 1. The highest BCUT2D eigenvalue weighted by atomic mass is 32.2. The minimum absolute atomic E-state index is 0.271. The van der Waals surface area contributed by atoms with Crippen LogP contribution in [0.1, 0.15) is 35.3 Å². The van der Waals surface area contributed by atoms with Gasteiger partial charge in [0.15, 0.2) is 12.4 Å². The highest BCUT2D eigenvalue weighted by Crippen LogP contribution is 2.46. The third-order valence-corrected chi connectivity index (χ3v) is 5.86. The van der Waals surface area contributed by atoms with Gasteiger partial charge >= 0.3 is 5.97 Å². The summed E-state index contributed by atoms with van der Waals surface area (Å²) in [4.78, 5) is 26.8. The van der Waals surface area contributed by atoms with Gasteiger partial charge in [0.05, 0.1) is 5.56 Å². The maximum atomic E-state index is 12.5. The lowest BCUT2D eigenvalue weighted by Gasteiger charge is -2.23. The number of hydrogen-bond donors (Lipinski definition) is 0. The van der Waals surface area contributed by atoms with Crippen molar-refractivity contribution in [3.8, 4) is 0 Å². The standard InChI is InChI=1S/C23H25NO4S/c1-23(2)19-10-5-6-11-20(19)24(3)21(23)13-18(25)14-28-22(26)17-9-7-8-16(12-17)15-29(4)27/h5-13H,14-15H2,1-4H3/b21-13-. The van der Waals surface area contributed by atoms with E-state index >= 15 is 0 Å². The van der Waals surface area contributed by atoms with Crippen LogP contribution in [-0.4, -0.2) is 35.9 Å². The smallest absolute Gasteiger partial charge is 0.338 e. The topological polar surface area (TPSA) is 63.7 Å². The molecule has 2 aromatic rings. The zero-order valence-corrected chi connectivity index (χ0v) is 17.9. The Kier molecular flexibility index (Phi) is 6.03. The fourth-order valence-corrected chi connectivity index (χ4v) is 4.34. The van der Waals surface area contributed by atoms with Crippen molar-refractivity contribution < 1.29 is 18.5 Å². The maximum Gasteiger partial charge on any atom is 0.338 e. The van der Waals surface area contributed by atoms with E-state index in [1.807, 2.05) is 36.2 Å². The number of carbonyl (C=O) groups excluding carboxylic acids is 2. The van der Waals surface area contributed by atoms with Crippen molar-refractivity contribution in [3.63, 3.8) is 0 Å². The van der Waals surface area contributed by atoms with Crippen molar-refractivity contribution in [2.45, 2.75) is 25.0 Å². The molecule has 152 valence electrons. The third kappa shape index (κ3) is 4.48. The number of likely N-dealkylation sites (N-methyl/N-ethyl adjacent to an activating group) is 1. The second kappa shape index (κ2) is 8.33. The monoisotopic (exact) mass is 411 g/mol. The Morgan fingerprint density at radius 1 is 1.14 bits per heavy atom. The molecule has 0 saturated heterocycles. The van der Waals surface area contributed by atoms with Gasteiger partial charge in [0.1, 0.15) is 0 Å². The van der Waals surface area contributed by atoms with E-state index in [0.29, 0.717) is 11.3 Å². The highest BCUT2D eigenvalue weighted by molar-refractivity contribution is 7.83. The Bertz CT molecular complexity index is 1010. The Balaban J connectivity index is 1.69. The third-order valence-electron chi connectivity index (χ3n) is 5.12. The van der Waals surface area contributed by atoms with Crippen LogP contribution < -0.4 is 4.90 Å². The van der Waals surface area contributed by atoms with Gasteiger partial charge in [0.2, 0.25) is 0 Å². The van der Waals surface area contributed by atoms with E-state index in [2.05, 4.69) is 19.9 Å². The van der Waals surface area contributed by atoms with Gasteiger partial charge in [0, 0.05) is 52.7 Å². The quantitative estimate of drug-likeness (QED) is 0.537. The number of carbonyl (C=O) groups is 2. The molecule has 1 heterocycles. The average molecular weight is 412 g/mol. The van der Waals surface area contributed by atoms with E-state index < -0.39 is 16.8 Å². The van der Waals surface area contributed by atoms with Crippen LogP contribution in [0.2, 0.25) is 0 Å². The van der Waals surface area contributed by atoms with Crippen LogP contribution >= 0.6 is 0 Å². The number of hydrogen-bond acceptors (Lipinski definition) is 5. The summed E-state index contributed by atoms with van der Waals surface area (Å²) in [6.07, 6.45) is 3.17. The zero-order valence-electron chi connectivity index (χ0n) is 17.1. The van der Waals surface area contributed by atoms with Crippen molar-refractivity contribution in [1.82, 2.24) is 0 Å². The SMILES string of the molecule is CN1/C(=C\C(=O)COC(=O)c2cccc(CS(C)=O)c2)C(C)(C)c2ccccc21. The largest absolute Gasteiger partial charge is 0.454 e. The van der Waals surface area contributed by atoms with E-state index in [4.69, 9.17) is 4.74 Å². The first kappa shape index (κ1) is 21.0. The number of allylic oxidation sites excluding steroid dienone is 1. The molecule has 0 amide bonds. The Morgan fingerprint density at radius 3 is 2.55 bits per heavy atom. The van der Waals surface area contributed by atoms with E-state index in [9.17, 15) is 13.8 Å². The average Bonchev–Trinajstić information content (AvgIpc) is 2.87. The molecule has 1 aliphatic rings. The molecule has 0 aromatic heterocycles. The van der Waals surface area contributed by atoms with Gasteiger partial charge in [-0.05, 0) is 29.3 Å². The predicted octanol–water partition coefficient (Wildman–Crippen LogP) is 3.60. The van der Waals surface area contributed by atoms with Crippen LogP contribution in [0.15, 0.2) is 60.3 Å². The number of rotatable bonds is 6. The summed E-state index contributed by atoms with van der Waals surface area (Å²) >= 11 is 0. The molecule has 2 aromatic carbocycles. The van der Waals surface area contributed by atoms with Crippen molar-refractivity contribution >= 4 is 28.2 Å². The normalized spacial score (nSPS) is 17.1. The maximum absolute atomic E-state index is 12.5. The number of benzene rings is 2. The van der Waals surface area contributed by atoms with Crippen molar-refractivity contribution in [1.29, 1.82) is 0 Å². The summed E-state index contributed by atoms with van der Waals surface area (Å²) in [7, 11) is 0.934. The van der Waals surface area contributed by atoms with Crippen LogP contribution in [0.5, 0.6) is 0 Å². The summed E-state index contributed by atoms with van der Waals surface area (Å²) in [5.41, 5.74) is 3.92. The first-order valence-electron chi connectivity index (χ1n) is 9.34. The summed E-state index contributed by atoms with van der Waals surface area (Å²) in [5.74, 6) is -0.469. The van der Waals surface area contributed by atoms with E-state index in [-0.39, 0.29) is 17.8 Å². The van der Waals surface area contributed by atoms with Gasteiger partial charge in [-0.15, -0.1) is 0 Å². The van der Waals surface area contributed by atoms with Gasteiger partial charge in [-0.2, -0.15) is 0 Å². The van der Waals surface area contributed by atoms with E-state index in [1.165, 1.54) is 0 Å².